The van der Waals surface area contributed by atoms with Crippen LogP contribution in [0.25, 0.3) is 0 Å². The van der Waals surface area contributed by atoms with Crippen molar-refractivity contribution in [2.75, 3.05) is 32.7 Å². The number of nitrogens with zero attached hydrogens (tertiary/aromatic N) is 3. The molecular weight excluding hydrogens is 178 g/mol. The number of hydrogen-bond donors (Lipinski definition) is 0. The van der Waals surface area contributed by atoms with Gasteiger partial charge in [0.05, 0.1) is 6.07 Å². The Balaban J connectivity index is 2.42. The maximum atomic E-state index is 11.4. The quantitative estimate of drug-likeness (QED) is 0.643. The van der Waals surface area contributed by atoms with E-state index in [1.807, 2.05) is 6.07 Å². The molecule has 4 heteroatoms. The zero-order valence-corrected chi connectivity index (χ0v) is 8.70. The molecule has 0 unspecified atom stereocenters. The fraction of sp³-hybridized carbons (Fsp3) is 0.800. The molecule has 78 valence electrons. The lowest BCUT2D eigenvalue weighted by atomic mass is 10.3. The van der Waals surface area contributed by atoms with Gasteiger partial charge >= 0.3 is 0 Å². The van der Waals surface area contributed by atoms with Crippen molar-refractivity contribution in [3.05, 3.63) is 0 Å². The van der Waals surface area contributed by atoms with Gasteiger partial charge in [0.2, 0.25) is 5.91 Å². The van der Waals surface area contributed by atoms with Gasteiger partial charge in [0, 0.05) is 19.6 Å². The third-order valence-electron chi connectivity index (χ3n) is 2.62. The monoisotopic (exact) mass is 195 g/mol. The molecule has 1 fully saturated rings. The maximum absolute atomic E-state index is 11.4. The molecule has 1 heterocycles. The smallest absolute Gasteiger partial charge is 0.236 e. The van der Waals surface area contributed by atoms with Gasteiger partial charge in [0.1, 0.15) is 6.42 Å². The summed E-state index contributed by atoms with van der Waals surface area (Å²) in [7, 11) is 0. The molecular formula is C10H17N3O. The molecule has 0 atom stereocenters. The predicted octanol–water partition coefficient (Wildman–Crippen LogP) is 0.454. The highest BCUT2D eigenvalue weighted by atomic mass is 16.2. The van der Waals surface area contributed by atoms with Crippen molar-refractivity contribution in [1.82, 2.24) is 9.80 Å². The van der Waals surface area contributed by atoms with Crippen LogP contribution in [0.4, 0.5) is 0 Å². The van der Waals surface area contributed by atoms with Crippen LogP contribution in [0.5, 0.6) is 0 Å². The van der Waals surface area contributed by atoms with Gasteiger partial charge in [-0.3, -0.25) is 4.79 Å². The van der Waals surface area contributed by atoms with Crippen molar-refractivity contribution in [3.63, 3.8) is 0 Å². The molecule has 14 heavy (non-hydrogen) atoms. The van der Waals surface area contributed by atoms with E-state index >= 15 is 0 Å². The van der Waals surface area contributed by atoms with Crippen LogP contribution in [0, 0.1) is 11.3 Å². The van der Waals surface area contributed by atoms with E-state index in [1.165, 1.54) is 0 Å². The van der Waals surface area contributed by atoms with Crippen LogP contribution in [-0.2, 0) is 4.79 Å². The van der Waals surface area contributed by atoms with Gasteiger partial charge in [-0.1, -0.05) is 6.92 Å². The van der Waals surface area contributed by atoms with Crippen molar-refractivity contribution in [3.8, 4) is 6.07 Å². The lowest BCUT2D eigenvalue weighted by Crippen LogP contribution is -2.34. The minimum absolute atomic E-state index is 0.0200. The Bertz CT molecular complexity index is 234. The van der Waals surface area contributed by atoms with E-state index in [0.717, 1.165) is 39.1 Å². The van der Waals surface area contributed by atoms with Crippen molar-refractivity contribution in [2.45, 2.75) is 19.8 Å². The van der Waals surface area contributed by atoms with E-state index in [0.29, 0.717) is 0 Å². The lowest BCUT2D eigenvalue weighted by molar-refractivity contribution is -0.130. The number of carbonyl (C=O) groups is 1. The predicted molar refractivity (Wildman–Crippen MR) is 53.5 cm³/mol. The van der Waals surface area contributed by atoms with Crippen molar-refractivity contribution in [1.29, 1.82) is 5.26 Å². The second-order valence-corrected chi connectivity index (χ2v) is 3.50. The Morgan fingerprint density at radius 2 is 2.14 bits per heavy atom. The molecule has 0 aromatic carbocycles. The SMILES string of the molecule is CCN1CCCN(C(=O)CC#N)CC1. The van der Waals surface area contributed by atoms with Crippen molar-refractivity contribution >= 4 is 5.91 Å². The molecule has 0 bridgehead atoms. The highest BCUT2D eigenvalue weighted by molar-refractivity contribution is 5.78. The topological polar surface area (TPSA) is 47.3 Å². The third kappa shape index (κ3) is 3.00. The summed E-state index contributed by atoms with van der Waals surface area (Å²) in [5, 5.41) is 8.43. The summed E-state index contributed by atoms with van der Waals surface area (Å²) in [5.74, 6) is -0.0227. The normalized spacial score (nSPS) is 18.7. The fourth-order valence-corrected chi connectivity index (χ4v) is 1.72. The molecule has 0 radical (unpaired) electrons. The van der Waals surface area contributed by atoms with Crippen molar-refractivity contribution in [2.24, 2.45) is 0 Å². The van der Waals surface area contributed by atoms with Gasteiger partial charge in [-0.05, 0) is 19.5 Å². The summed E-state index contributed by atoms with van der Waals surface area (Å²) in [6, 6.07) is 1.91. The van der Waals surface area contributed by atoms with Crippen LogP contribution >= 0.6 is 0 Å². The summed E-state index contributed by atoms with van der Waals surface area (Å²) in [5.41, 5.74) is 0. The van der Waals surface area contributed by atoms with E-state index in [4.69, 9.17) is 5.26 Å². The van der Waals surface area contributed by atoms with Gasteiger partial charge in [-0.2, -0.15) is 5.26 Å². The van der Waals surface area contributed by atoms with Crippen molar-refractivity contribution < 1.29 is 4.79 Å². The number of amides is 1. The Morgan fingerprint density at radius 3 is 2.79 bits per heavy atom. The third-order valence-corrected chi connectivity index (χ3v) is 2.62. The first-order valence-electron chi connectivity index (χ1n) is 5.15. The second kappa shape index (κ2) is 5.61. The summed E-state index contributed by atoms with van der Waals surface area (Å²) in [6.45, 7) is 6.75. The van der Waals surface area contributed by atoms with E-state index in [2.05, 4.69) is 11.8 Å². The molecule has 1 rings (SSSR count). The van der Waals surface area contributed by atoms with Crippen LogP contribution in [0.2, 0.25) is 0 Å². The van der Waals surface area contributed by atoms with Gasteiger partial charge in [0.25, 0.3) is 0 Å². The largest absolute Gasteiger partial charge is 0.340 e. The highest BCUT2D eigenvalue weighted by Gasteiger charge is 2.17. The minimum Gasteiger partial charge on any atom is -0.340 e. The van der Waals surface area contributed by atoms with Crippen LogP contribution in [0.15, 0.2) is 0 Å². The van der Waals surface area contributed by atoms with E-state index < -0.39 is 0 Å². The second-order valence-electron chi connectivity index (χ2n) is 3.50. The average Bonchev–Trinajstić information content (AvgIpc) is 2.42. The van der Waals surface area contributed by atoms with Gasteiger partial charge in [-0.15, -0.1) is 0 Å². The van der Waals surface area contributed by atoms with Gasteiger partial charge in [0.15, 0.2) is 0 Å². The van der Waals surface area contributed by atoms with Crippen LogP contribution in [-0.4, -0.2) is 48.4 Å². The van der Waals surface area contributed by atoms with E-state index in [1.54, 1.807) is 4.90 Å². The maximum Gasteiger partial charge on any atom is 0.236 e. The molecule has 0 aromatic rings. The Morgan fingerprint density at radius 1 is 1.36 bits per heavy atom. The first-order chi connectivity index (χ1) is 6.77. The average molecular weight is 195 g/mol. The Hall–Kier alpha value is -1.08. The zero-order valence-electron chi connectivity index (χ0n) is 8.70. The van der Waals surface area contributed by atoms with Crippen LogP contribution in [0.1, 0.15) is 19.8 Å². The molecule has 4 nitrogen and oxygen atoms in total. The first-order valence-corrected chi connectivity index (χ1v) is 5.15. The molecule has 1 aliphatic rings. The summed E-state index contributed by atoms with van der Waals surface area (Å²) >= 11 is 0. The molecule has 0 aliphatic carbocycles. The minimum atomic E-state index is -0.0227. The standard InChI is InChI=1S/C10H17N3O/c1-2-12-6-3-7-13(9-8-12)10(14)4-5-11/h2-4,6-9H2,1H3. The molecule has 0 saturated carbocycles. The molecule has 0 N–H and O–H groups in total. The molecule has 0 spiro atoms. The fourth-order valence-electron chi connectivity index (χ4n) is 1.72. The number of likely N-dealkylation sites (N-methyl/N-ethyl adjacent to an activating group) is 1. The number of rotatable bonds is 2. The molecule has 1 aliphatic heterocycles. The summed E-state index contributed by atoms with van der Waals surface area (Å²) in [6.07, 6.45) is 1.04. The highest BCUT2D eigenvalue weighted by Crippen LogP contribution is 2.04. The Kier molecular flexibility index (Phi) is 4.41. The summed E-state index contributed by atoms with van der Waals surface area (Å²) in [4.78, 5) is 15.6. The zero-order chi connectivity index (χ0) is 10.4. The van der Waals surface area contributed by atoms with Crippen LogP contribution < -0.4 is 0 Å². The summed E-state index contributed by atoms with van der Waals surface area (Å²) < 4.78 is 0. The first kappa shape index (κ1) is 11.0. The van der Waals surface area contributed by atoms with Gasteiger partial charge in [-0.25, -0.2) is 0 Å². The lowest BCUT2D eigenvalue weighted by Gasteiger charge is -2.19. The van der Waals surface area contributed by atoms with Gasteiger partial charge < -0.3 is 9.80 Å². The molecule has 1 amide bonds. The number of hydrogen-bond acceptors (Lipinski definition) is 3. The van der Waals surface area contributed by atoms with E-state index in [-0.39, 0.29) is 12.3 Å². The van der Waals surface area contributed by atoms with Crippen LogP contribution in [0.3, 0.4) is 0 Å². The number of carbonyl (C=O) groups excluding carboxylic acids is 1. The molecule has 0 aromatic heterocycles. The number of nitriles is 1. The Labute approximate surface area is 85.1 Å². The van der Waals surface area contributed by atoms with E-state index in [9.17, 15) is 4.79 Å². The molecule has 1 saturated heterocycles.